The minimum absolute atomic E-state index is 0.139. The molecule has 1 N–H and O–H groups in total. The maximum Gasteiger partial charge on any atom is 0.326 e. The van der Waals surface area contributed by atoms with Gasteiger partial charge < -0.3 is 14.6 Å². The van der Waals surface area contributed by atoms with E-state index < -0.39 is 0 Å². The lowest BCUT2D eigenvalue weighted by Gasteiger charge is -2.20. The molecule has 0 bridgehead atoms. The lowest BCUT2D eigenvalue weighted by molar-refractivity contribution is -0.143. The number of para-hydroxylation sites is 2. The second kappa shape index (κ2) is 8.83. The van der Waals surface area contributed by atoms with Gasteiger partial charge in [-0.1, -0.05) is 31.4 Å². The van der Waals surface area contributed by atoms with E-state index >= 15 is 0 Å². The number of hydrogen-bond acceptors (Lipinski definition) is 4. The Hall–Kier alpha value is -2.37. The van der Waals surface area contributed by atoms with Gasteiger partial charge in [-0.25, -0.2) is 4.98 Å². The molecule has 0 saturated heterocycles. The lowest BCUT2D eigenvalue weighted by atomic mass is 9.89. The van der Waals surface area contributed by atoms with Crippen molar-refractivity contribution < 1.29 is 14.3 Å². The Morgan fingerprint density at radius 3 is 2.77 bits per heavy atom. The van der Waals surface area contributed by atoms with E-state index in [0.717, 1.165) is 42.5 Å². The Morgan fingerprint density at radius 1 is 1.23 bits per heavy atom. The molecular weight excluding hydrogens is 330 g/mol. The quantitative estimate of drug-likeness (QED) is 0.774. The zero-order chi connectivity index (χ0) is 18.4. The number of aromatic nitrogens is 2. The van der Waals surface area contributed by atoms with Crippen molar-refractivity contribution in [2.75, 3.05) is 13.2 Å². The van der Waals surface area contributed by atoms with Gasteiger partial charge in [-0.15, -0.1) is 0 Å². The number of nitrogens with zero attached hydrogens (tertiary/aromatic N) is 2. The minimum atomic E-state index is -0.275. The Balaban J connectivity index is 1.66. The number of rotatable bonds is 7. The van der Waals surface area contributed by atoms with Crippen LogP contribution in [0.5, 0.6) is 0 Å². The third-order valence-electron chi connectivity index (χ3n) is 4.95. The third-order valence-corrected chi connectivity index (χ3v) is 4.95. The Bertz CT molecular complexity index is 763. The van der Waals surface area contributed by atoms with Gasteiger partial charge in [0.2, 0.25) is 5.91 Å². The van der Waals surface area contributed by atoms with Crippen LogP contribution in [-0.4, -0.2) is 34.6 Å². The first kappa shape index (κ1) is 18.4. The van der Waals surface area contributed by atoms with E-state index in [1.54, 1.807) is 6.92 Å². The summed E-state index contributed by atoms with van der Waals surface area (Å²) in [6.45, 7) is 2.83. The standard InChI is InChI=1S/C20H27N3O3/c1-2-26-19(24)14-23-17-11-7-6-10-16(17)22-18(23)12-13-21-20(25)15-8-4-3-5-9-15/h6-7,10-11,15H,2-5,8-9,12-14H2,1H3,(H,21,25). The van der Waals surface area contributed by atoms with Crippen LogP contribution in [0, 0.1) is 5.92 Å². The smallest absolute Gasteiger partial charge is 0.326 e. The molecule has 1 heterocycles. The molecule has 0 spiro atoms. The molecule has 1 amide bonds. The molecule has 140 valence electrons. The highest BCUT2D eigenvalue weighted by molar-refractivity contribution is 5.79. The molecular formula is C20H27N3O3. The van der Waals surface area contributed by atoms with Gasteiger partial charge in [-0.05, 0) is 31.9 Å². The normalized spacial score (nSPS) is 15.1. The highest BCUT2D eigenvalue weighted by Gasteiger charge is 2.21. The van der Waals surface area contributed by atoms with Gasteiger partial charge in [0.05, 0.1) is 17.6 Å². The van der Waals surface area contributed by atoms with E-state index in [9.17, 15) is 9.59 Å². The molecule has 0 atom stereocenters. The first-order chi connectivity index (χ1) is 12.7. The second-order valence-electron chi connectivity index (χ2n) is 6.78. The van der Waals surface area contributed by atoms with Crippen molar-refractivity contribution in [1.29, 1.82) is 0 Å². The second-order valence-corrected chi connectivity index (χ2v) is 6.78. The molecule has 1 aliphatic carbocycles. The van der Waals surface area contributed by atoms with Gasteiger partial charge >= 0.3 is 5.97 Å². The molecule has 6 heteroatoms. The summed E-state index contributed by atoms with van der Waals surface area (Å²) in [6.07, 6.45) is 6.11. The lowest BCUT2D eigenvalue weighted by Crippen LogP contribution is -2.33. The monoisotopic (exact) mass is 357 g/mol. The van der Waals surface area contributed by atoms with Crippen molar-refractivity contribution in [2.45, 2.75) is 52.0 Å². The number of carbonyl (C=O) groups is 2. The number of ether oxygens (including phenoxy) is 1. The molecule has 0 unspecified atom stereocenters. The molecule has 0 radical (unpaired) electrons. The molecule has 3 rings (SSSR count). The Morgan fingerprint density at radius 2 is 2.00 bits per heavy atom. The van der Waals surface area contributed by atoms with E-state index in [2.05, 4.69) is 10.3 Å². The van der Waals surface area contributed by atoms with E-state index in [-0.39, 0.29) is 24.3 Å². The number of carbonyl (C=O) groups excluding carboxylic acids is 2. The molecule has 1 aromatic carbocycles. The first-order valence-corrected chi connectivity index (χ1v) is 9.56. The molecule has 0 aliphatic heterocycles. The molecule has 1 aliphatic rings. The molecule has 1 aromatic heterocycles. The largest absolute Gasteiger partial charge is 0.465 e. The summed E-state index contributed by atoms with van der Waals surface area (Å²) in [6, 6.07) is 7.74. The van der Waals surface area contributed by atoms with Crippen molar-refractivity contribution in [1.82, 2.24) is 14.9 Å². The summed E-state index contributed by atoms with van der Waals surface area (Å²) in [5.41, 5.74) is 1.76. The van der Waals surface area contributed by atoms with E-state index in [1.807, 2.05) is 28.8 Å². The van der Waals surface area contributed by atoms with Crippen LogP contribution >= 0.6 is 0 Å². The summed E-state index contributed by atoms with van der Waals surface area (Å²) in [5.74, 6) is 0.825. The zero-order valence-electron chi connectivity index (χ0n) is 15.4. The number of fused-ring (bicyclic) bond motifs is 1. The van der Waals surface area contributed by atoms with Crippen LogP contribution in [0.15, 0.2) is 24.3 Å². The number of imidazole rings is 1. The van der Waals surface area contributed by atoms with Crippen molar-refractivity contribution in [2.24, 2.45) is 5.92 Å². The van der Waals surface area contributed by atoms with Gasteiger partial charge in [0.15, 0.2) is 0 Å². The summed E-state index contributed by atoms with van der Waals surface area (Å²) in [7, 11) is 0. The predicted octanol–water partition coefficient (Wildman–Crippen LogP) is 2.84. The van der Waals surface area contributed by atoms with Crippen LogP contribution in [0.4, 0.5) is 0 Å². The highest BCUT2D eigenvalue weighted by Crippen LogP contribution is 2.23. The van der Waals surface area contributed by atoms with Crippen LogP contribution < -0.4 is 5.32 Å². The number of hydrogen-bond donors (Lipinski definition) is 1. The average molecular weight is 357 g/mol. The molecule has 1 fully saturated rings. The van der Waals surface area contributed by atoms with Gasteiger partial charge in [-0.2, -0.15) is 0 Å². The third kappa shape index (κ3) is 4.42. The topological polar surface area (TPSA) is 73.2 Å². The fourth-order valence-corrected chi connectivity index (χ4v) is 3.64. The summed E-state index contributed by atoms with van der Waals surface area (Å²) in [5, 5.41) is 3.04. The highest BCUT2D eigenvalue weighted by atomic mass is 16.5. The van der Waals surface area contributed by atoms with Crippen molar-refractivity contribution in [3.8, 4) is 0 Å². The number of esters is 1. The van der Waals surface area contributed by atoms with Gasteiger partial charge in [-0.3, -0.25) is 9.59 Å². The van der Waals surface area contributed by atoms with Crippen LogP contribution in [0.2, 0.25) is 0 Å². The van der Waals surface area contributed by atoms with E-state index in [1.165, 1.54) is 6.42 Å². The molecule has 6 nitrogen and oxygen atoms in total. The summed E-state index contributed by atoms with van der Waals surface area (Å²) >= 11 is 0. The van der Waals surface area contributed by atoms with Gasteiger partial charge in [0.1, 0.15) is 12.4 Å². The van der Waals surface area contributed by atoms with Crippen LogP contribution in [-0.2, 0) is 27.3 Å². The van der Waals surface area contributed by atoms with Crippen LogP contribution in [0.25, 0.3) is 11.0 Å². The van der Waals surface area contributed by atoms with E-state index in [0.29, 0.717) is 19.6 Å². The SMILES string of the molecule is CCOC(=O)Cn1c(CCNC(=O)C2CCCCC2)nc2ccccc21. The summed E-state index contributed by atoms with van der Waals surface area (Å²) in [4.78, 5) is 28.9. The number of nitrogens with one attached hydrogen (secondary N) is 1. The fraction of sp³-hybridized carbons (Fsp3) is 0.550. The zero-order valence-corrected chi connectivity index (χ0v) is 15.4. The van der Waals surface area contributed by atoms with E-state index in [4.69, 9.17) is 4.74 Å². The summed E-state index contributed by atoms with van der Waals surface area (Å²) < 4.78 is 6.97. The minimum Gasteiger partial charge on any atom is -0.465 e. The van der Waals surface area contributed by atoms with Crippen LogP contribution in [0.3, 0.4) is 0 Å². The molecule has 26 heavy (non-hydrogen) atoms. The predicted molar refractivity (Wildman–Crippen MR) is 99.7 cm³/mol. The Kier molecular flexibility index (Phi) is 6.26. The maximum atomic E-state index is 12.3. The van der Waals surface area contributed by atoms with Crippen LogP contribution in [0.1, 0.15) is 44.9 Å². The van der Waals surface area contributed by atoms with Crippen molar-refractivity contribution >= 4 is 22.9 Å². The first-order valence-electron chi connectivity index (χ1n) is 9.56. The number of amides is 1. The molecule has 2 aromatic rings. The van der Waals surface area contributed by atoms with Gasteiger partial charge in [0, 0.05) is 18.9 Å². The maximum absolute atomic E-state index is 12.3. The average Bonchev–Trinajstić information content (AvgIpc) is 3.00. The van der Waals surface area contributed by atoms with Crippen molar-refractivity contribution in [3.63, 3.8) is 0 Å². The Labute approximate surface area is 153 Å². The van der Waals surface area contributed by atoms with Crippen molar-refractivity contribution in [3.05, 3.63) is 30.1 Å². The number of benzene rings is 1. The fourth-order valence-electron chi connectivity index (χ4n) is 3.64. The molecule has 1 saturated carbocycles. The van der Waals surface area contributed by atoms with Gasteiger partial charge in [0.25, 0.3) is 0 Å².